The van der Waals surface area contributed by atoms with Gasteiger partial charge in [-0.1, -0.05) is 22.0 Å². The first kappa shape index (κ1) is 14.3. The molecule has 19 heavy (non-hydrogen) atoms. The maximum Gasteiger partial charge on any atom is 0.251 e. The number of nitrogens with zero attached hydrogens (tertiary/aromatic N) is 2. The Kier molecular flexibility index (Phi) is 4.76. The molecule has 0 spiro atoms. The highest BCUT2D eigenvalue weighted by molar-refractivity contribution is 9.10. The molecule has 0 aliphatic rings. The van der Waals surface area contributed by atoms with Crippen LogP contribution < -0.4 is 5.32 Å². The van der Waals surface area contributed by atoms with E-state index in [1.165, 1.54) is 0 Å². The fourth-order valence-electron chi connectivity index (χ4n) is 1.61. The summed E-state index contributed by atoms with van der Waals surface area (Å²) in [7, 11) is 0. The SMILES string of the molecule is CCn1cc(Br)c(CNC(=O)c2cccc(Br)c2)n1. The van der Waals surface area contributed by atoms with Crippen LogP contribution in [0.3, 0.4) is 0 Å². The number of halogens is 2. The number of amides is 1. The topological polar surface area (TPSA) is 46.9 Å². The lowest BCUT2D eigenvalue weighted by atomic mass is 10.2. The lowest BCUT2D eigenvalue weighted by molar-refractivity contribution is 0.0950. The summed E-state index contributed by atoms with van der Waals surface area (Å²) < 4.78 is 3.62. The Balaban J connectivity index is 2.02. The first-order valence-corrected chi connectivity index (χ1v) is 7.44. The van der Waals surface area contributed by atoms with E-state index in [9.17, 15) is 4.79 Å². The van der Waals surface area contributed by atoms with Gasteiger partial charge < -0.3 is 5.32 Å². The predicted molar refractivity (Wildman–Crippen MR) is 80.9 cm³/mol. The Hall–Kier alpha value is -1.14. The molecule has 0 saturated carbocycles. The molecule has 1 aromatic heterocycles. The van der Waals surface area contributed by atoms with Gasteiger partial charge in [0.25, 0.3) is 5.91 Å². The third-order valence-electron chi connectivity index (χ3n) is 2.61. The van der Waals surface area contributed by atoms with Gasteiger partial charge in [-0.15, -0.1) is 0 Å². The molecule has 1 N–H and O–H groups in total. The van der Waals surface area contributed by atoms with Crippen LogP contribution in [0.5, 0.6) is 0 Å². The van der Waals surface area contributed by atoms with Crippen molar-refractivity contribution in [1.82, 2.24) is 15.1 Å². The van der Waals surface area contributed by atoms with E-state index >= 15 is 0 Å². The van der Waals surface area contributed by atoms with E-state index in [1.54, 1.807) is 12.1 Å². The maximum atomic E-state index is 12.0. The van der Waals surface area contributed by atoms with Gasteiger partial charge in [-0.05, 0) is 41.1 Å². The molecular formula is C13H13Br2N3O. The lowest BCUT2D eigenvalue weighted by Crippen LogP contribution is -2.23. The van der Waals surface area contributed by atoms with Crippen LogP contribution in [0, 0.1) is 0 Å². The van der Waals surface area contributed by atoms with E-state index in [2.05, 4.69) is 42.3 Å². The van der Waals surface area contributed by atoms with Crippen LogP contribution in [-0.4, -0.2) is 15.7 Å². The summed E-state index contributed by atoms with van der Waals surface area (Å²) in [5.41, 5.74) is 1.45. The highest BCUT2D eigenvalue weighted by Gasteiger charge is 2.09. The van der Waals surface area contributed by atoms with Gasteiger partial charge in [0, 0.05) is 22.8 Å². The Bertz CT molecular complexity index is 595. The Morgan fingerprint density at radius 3 is 2.84 bits per heavy atom. The minimum Gasteiger partial charge on any atom is -0.346 e. The minimum absolute atomic E-state index is 0.112. The van der Waals surface area contributed by atoms with Gasteiger partial charge >= 0.3 is 0 Å². The van der Waals surface area contributed by atoms with Gasteiger partial charge in [-0.25, -0.2) is 0 Å². The van der Waals surface area contributed by atoms with Crippen LogP contribution in [0.15, 0.2) is 39.4 Å². The maximum absolute atomic E-state index is 12.0. The van der Waals surface area contributed by atoms with Gasteiger partial charge in [0.1, 0.15) is 0 Å². The quantitative estimate of drug-likeness (QED) is 0.875. The molecule has 0 atom stereocenters. The average molecular weight is 387 g/mol. The summed E-state index contributed by atoms with van der Waals surface area (Å²) in [6.07, 6.45) is 1.90. The van der Waals surface area contributed by atoms with Crippen molar-refractivity contribution in [3.8, 4) is 0 Å². The van der Waals surface area contributed by atoms with Crippen LogP contribution >= 0.6 is 31.9 Å². The van der Waals surface area contributed by atoms with Crippen LogP contribution in [-0.2, 0) is 13.1 Å². The molecule has 0 fully saturated rings. The van der Waals surface area contributed by atoms with E-state index in [-0.39, 0.29) is 5.91 Å². The first-order valence-electron chi connectivity index (χ1n) is 5.85. The largest absolute Gasteiger partial charge is 0.346 e. The molecule has 2 rings (SSSR count). The molecule has 0 unspecified atom stereocenters. The molecule has 0 bridgehead atoms. The molecule has 100 valence electrons. The number of aromatic nitrogens is 2. The summed E-state index contributed by atoms with van der Waals surface area (Å²) in [6.45, 7) is 3.22. The number of carbonyl (C=O) groups is 1. The van der Waals surface area contributed by atoms with Crippen molar-refractivity contribution in [2.45, 2.75) is 20.0 Å². The molecule has 0 aliphatic heterocycles. The zero-order valence-corrected chi connectivity index (χ0v) is 13.5. The number of rotatable bonds is 4. The second kappa shape index (κ2) is 6.34. The molecule has 4 nitrogen and oxygen atoms in total. The first-order chi connectivity index (χ1) is 9.10. The van der Waals surface area contributed by atoms with Crippen LogP contribution in [0.2, 0.25) is 0 Å². The zero-order chi connectivity index (χ0) is 13.8. The van der Waals surface area contributed by atoms with Crippen molar-refractivity contribution in [3.63, 3.8) is 0 Å². The van der Waals surface area contributed by atoms with Crippen LogP contribution in [0.4, 0.5) is 0 Å². The zero-order valence-electron chi connectivity index (χ0n) is 10.4. The van der Waals surface area contributed by atoms with E-state index in [0.29, 0.717) is 12.1 Å². The van der Waals surface area contributed by atoms with Gasteiger partial charge in [-0.3, -0.25) is 9.48 Å². The van der Waals surface area contributed by atoms with E-state index in [0.717, 1.165) is 21.2 Å². The highest BCUT2D eigenvalue weighted by atomic mass is 79.9. The Labute approximate surface area is 128 Å². The number of hydrogen-bond acceptors (Lipinski definition) is 2. The number of aryl methyl sites for hydroxylation is 1. The molecule has 0 radical (unpaired) electrons. The van der Waals surface area contributed by atoms with Crippen molar-refractivity contribution in [2.75, 3.05) is 0 Å². The average Bonchev–Trinajstić information content (AvgIpc) is 2.76. The number of carbonyl (C=O) groups excluding carboxylic acids is 1. The molecule has 2 aromatic rings. The van der Waals surface area contributed by atoms with Gasteiger partial charge in [0.05, 0.1) is 16.7 Å². The van der Waals surface area contributed by atoms with Crippen LogP contribution in [0.1, 0.15) is 23.0 Å². The summed E-state index contributed by atoms with van der Waals surface area (Å²) >= 11 is 6.78. The minimum atomic E-state index is -0.112. The van der Waals surface area contributed by atoms with Gasteiger partial charge in [-0.2, -0.15) is 5.10 Å². The fourth-order valence-corrected chi connectivity index (χ4v) is 2.47. The Morgan fingerprint density at radius 2 is 2.21 bits per heavy atom. The Morgan fingerprint density at radius 1 is 1.42 bits per heavy atom. The second-order valence-electron chi connectivity index (χ2n) is 3.97. The molecule has 0 saturated heterocycles. The monoisotopic (exact) mass is 385 g/mol. The molecular weight excluding hydrogens is 374 g/mol. The lowest BCUT2D eigenvalue weighted by Gasteiger charge is -2.04. The molecule has 6 heteroatoms. The summed E-state index contributed by atoms with van der Waals surface area (Å²) in [6, 6.07) is 7.28. The van der Waals surface area contributed by atoms with Gasteiger partial charge in [0.2, 0.25) is 0 Å². The normalized spacial score (nSPS) is 10.5. The number of nitrogens with one attached hydrogen (secondary N) is 1. The predicted octanol–water partition coefficient (Wildman–Crippen LogP) is 3.36. The smallest absolute Gasteiger partial charge is 0.251 e. The number of benzene rings is 1. The highest BCUT2D eigenvalue weighted by Crippen LogP contribution is 2.15. The van der Waals surface area contributed by atoms with E-state index in [1.807, 2.05) is 29.9 Å². The third kappa shape index (κ3) is 3.67. The standard InChI is InChI=1S/C13H13Br2N3O/c1-2-18-8-11(15)12(17-18)7-16-13(19)9-4-3-5-10(14)6-9/h3-6,8H,2,7H2,1H3,(H,16,19). The van der Waals surface area contributed by atoms with Crippen molar-refractivity contribution in [3.05, 3.63) is 50.7 Å². The second-order valence-corrected chi connectivity index (χ2v) is 5.74. The summed E-state index contributed by atoms with van der Waals surface area (Å²) in [5, 5.41) is 7.21. The number of hydrogen-bond donors (Lipinski definition) is 1. The molecule has 1 amide bonds. The van der Waals surface area contributed by atoms with Crippen molar-refractivity contribution < 1.29 is 4.79 Å². The van der Waals surface area contributed by atoms with Gasteiger partial charge in [0.15, 0.2) is 0 Å². The van der Waals surface area contributed by atoms with E-state index < -0.39 is 0 Å². The molecule has 1 aromatic carbocycles. The third-order valence-corrected chi connectivity index (χ3v) is 3.77. The van der Waals surface area contributed by atoms with Crippen molar-refractivity contribution in [1.29, 1.82) is 0 Å². The molecule has 0 aliphatic carbocycles. The summed E-state index contributed by atoms with van der Waals surface area (Å²) in [4.78, 5) is 12.0. The fraction of sp³-hybridized carbons (Fsp3) is 0.231. The van der Waals surface area contributed by atoms with Crippen LogP contribution in [0.25, 0.3) is 0 Å². The molecule has 1 heterocycles. The van der Waals surface area contributed by atoms with Crippen molar-refractivity contribution in [2.24, 2.45) is 0 Å². The van der Waals surface area contributed by atoms with E-state index in [4.69, 9.17) is 0 Å². The van der Waals surface area contributed by atoms with Crippen molar-refractivity contribution >= 4 is 37.8 Å². The summed E-state index contributed by atoms with van der Waals surface area (Å²) in [5.74, 6) is -0.112.